The van der Waals surface area contributed by atoms with Crippen LogP contribution < -0.4 is 0 Å². The van der Waals surface area contributed by atoms with Crippen LogP contribution in [0.2, 0.25) is 0 Å². The van der Waals surface area contributed by atoms with Crippen LogP contribution in [0, 0.1) is 0 Å². The summed E-state index contributed by atoms with van der Waals surface area (Å²) in [6.45, 7) is 2.22. The monoisotopic (exact) mass is 321 g/mol. The number of esters is 1. The molecule has 0 fully saturated rings. The lowest BCUT2D eigenvalue weighted by Crippen LogP contribution is -2.01. The van der Waals surface area contributed by atoms with Gasteiger partial charge in [-0.05, 0) is 48.6 Å². The van der Waals surface area contributed by atoms with Crippen molar-refractivity contribution in [2.75, 3.05) is 7.11 Å². The first-order valence-electron chi connectivity index (χ1n) is 8.48. The van der Waals surface area contributed by atoms with Gasteiger partial charge in [-0.1, -0.05) is 43.7 Å². The number of benzene rings is 2. The van der Waals surface area contributed by atoms with Gasteiger partial charge in [0.05, 0.1) is 12.7 Å². The first-order chi connectivity index (χ1) is 11.7. The molecule has 0 amide bonds. The lowest BCUT2D eigenvalue weighted by atomic mass is 9.99. The normalized spacial score (nSPS) is 10.9. The zero-order valence-corrected chi connectivity index (χ0v) is 14.3. The molecule has 1 N–H and O–H groups in total. The summed E-state index contributed by atoms with van der Waals surface area (Å²) in [6, 6.07) is 16.2. The Labute approximate surface area is 142 Å². The lowest BCUT2D eigenvalue weighted by Gasteiger charge is -2.06. The minimum absolute atomic E-state index is 0.294. The molecule has 3 heteroatoms. The molecule has 0 aliphatic rings. The molecule has 3 nitrogen and oxygen atoms in total. The first-order valence-corrected chi connectivity index (χ1v) is 8.48. The fourth-order valence-corrected chi connectivity index (χ4v) is 3.11. The number of unbranched alkanes of at least 4 members (excludes halogenated alkanes) is 1. The highest BCUT2D eigenvalue weighted by molar-refractivity contribution is 5.89. The van der Waals surface area contributed by atoms with Crippen LogP contribution in [0.25, 0.3) is 10.9 Å². The molecule has 0 aliphatic carbocycles. The molecule has 0 aliphatic heterocycles. The number of rotatable bonds is 6. The van der Waals surface area contributed by atoms with Crippen LogP contribution >= 0.6 is 0 Å². The van der Waals surface area contributed by atoms with Gasteiger partial charge in [-0.25, -0.2) is 4.79 Å². The molecule has 1 aromatic heterocycles. The number of aryl methyl sites for hydroxylation is 1. The van der Waals surface area contributed by atoms with Crippen LogP contribution in [0.4, 0.5) is 0 Å². The van der Waals surface area contributed by atoms with E-state index in [2.05, 4.69) is 36.2 Å². The second-order valence-corrected chi connectivity index (χ2v) is 6.10. The summed E-state index contributed by atoms with van der Waals surface area (Å²) in [7, 11) is 1.40. The Morgan fingerprint density at radius 2 is 1.83 bits per heavy atom. The fourth-order valence-electron chi connectivity index (χ4n) is 3.11. The summed E-state index contributed by atoms with van der Waals surface area (Å²) < 4.78 is 4.76. The van der Waals surface area contributed by atoms with E-state index in [1.54, 1.807) is 0 Å². The number of carbonyl (C=O) groups excluding carboxylic acids is 1. The summed E-state index contributed by atoms with van der Waals surface area (Å²) in [5, 5.41) is 1.29. The van der Waals surface area contributed by atoms with Crippen molar-refractivity contribution in [1.82, 2.24) is 4.98 Å². The molecule has 0 saturated heterocycles. The maximum absolute atomic E-state index is 11.6. The minimum atomic E-state index is -0.294. The number of methoxy groups -OCH3 is 1. The van der Waals surface area contributed by atoms with E-state index >= 15 is 0 Å². The van der Waals surface area contributed by atoms with Crippen molar-refractivity contribution in [2.24, 2.45) is 0 Å². The zero-order valence-electron chi connectivity index (χ0n) is 14.3. The standard InChI is InChI=1S/C21H23NO2/c1-3-4-8-20-18(17-7-5-6-9-19(17)22-20)14-15-10-12-16(13-11-15)21(23)24-2/h5-7,9-13,22H,3-4,8,14H2,1-2H3. The number of para-hydroxylation sites is 1. The van der Waals surface area contributed by atoms with Crippen molar-refractivity contribution >= 4 is 16.9 Å². The fraction of sp³-hybridized carbons (Fsp3) is 0.286. The summed E-state index contributed by atoms with van der Waals surface area (Å²) in [5.74, 6) is -0.294. The number of carbonyl (C=O) groups is 1. The first kappa shape index (κ1) is 16.3. The minimum Gasteiger partial charge on any atom is -0.465 e. The molecule has 3 rings (SSSR count). The average molecular weight is 321 g/mol. The number of H-pyrrole nitrogens is 1. The van der Waals surface area contributed by atoms with E-state index in [4.69, 9.17) is 4.74 Å². The summed E-state index contributed by atoms with van der Waals surface area (Å²) in [5.41, 5.74) is 5.68. The molecule has 0 spiro atoms. The van der Waals surface area contributed by atoms with E-state index in [1.807, 2.05) is 24.3 Å². The van der Waals surface area contributed by atoms with Crippen molar-refractivity contribution in [1.29, 1.82) is 0 Å². The Hall–Kier alpha value is -2.55. The van der Waals surface area contributed by atoms with Crippen LogP contribution in [-0.2, 0) is 17.6 Å². The number of fused-ring (bicyclic) bond motifs is 1. The largest absolute Gasteiger partial charge is 0.465 e. The third-order valence-corrected chi connectivity index (χ3v) is 4.44. The number of nitrogens with one attached hydrogen (secondary N) is 1. The van der Waals surface area contributed by atoms with Gasteiger partial charge in [0.25, 0.3) is 0 Å². The van der Waals surface area contributed by atoms with Crippen molar-refractivity contribution in [2.45, 2.75) is 32.6 Å². The highest BCUT2D eigenvalue weighted by Gasteiger charge is 2.12. The number of ether oxygens (including phenoxy) is 1. The molecule has 0 atom stereocenters. The molecule has 2 aromatic carbocycles. The molecule has 0 unspecified atom stereocenters. The second kappa shape index (κ2) is 7.35. The zero-order chi connectivity index (χ0) is 16.9. The predicted molar refractivity (Wildman–Crippen MR) is 97.5 cm³/mol. The Kier molecular flexibility index (Phi) is 4.99. The van der Waals surface area contributed by atoms with Gasteiger partial charge < -0.3 is 9.72 Å². The van der Waals surface area contributed by atoms with E-state index in [0.29, 0.717) is 5.56 Å². The van der Waals surface area contributed by atoms with E-state index in [-0.39, 0.29) is 5.97 Å². The van der Waals surface area contributed by atoms with Gasteiger partial charge in [0.15, 0.2) is 0 Å². The molecule has 0 bridgehead atoms. The van der Waals surface area contributed by atoms with Gasteiger partial charge in [-0.3, -0.25) is 0 Å². The van der Waals surface area contributed by atoms with Crippen molar-refractivity contribution in [3.63, 3.8) is 0 Å². The highest BCUT2D eigenvalue weighted by atomic mass is 16.5. The van der Waals surface area contributed by atoms with Crippen LogP contribution in [0.1, 0.15) is 46.9 Å². The van der Waals surface area contributed by atoms with Gasteiger partial charge in [0.2, 0.25) is 0 Å². The number of hydrogen-bond donors (Lipinski definition) is 1. The molecule has 0 saturated carbocycles. The topological polar surface area (TPSA) is 42.1 Å². The average Bonchev–Trinajstić information content (AvgIpc) is 2.97. The van der Waals surface area contributed by atoms with Crippen molar-refractivity contribution in [3.8, 4) is 0 Å². The lowest BCUT2D eigenvalue weighted by molar-refractivity contribution is 0.0600. The predicted octanol–water partition coefficient (Wildman–Crippen LogP) is 4.89. The van der Waals surface area contributed by atoms with Crippen molar-refractivity contribution in [3.05, 3.63) is 70.9 Å². The summed E-state index contributed by atoms with van der Waals surface area (Å²) in [4.78, 5) is 15.1. The van der Waals surface area contributed by atoms with Crippen LogP contribution in [0.3, 0.4) is 0 Å². The van der Waals surface area contributed by atoms with Crippen LogP contribution in [0.5, 0.6) is 0 Å². The van der Waals surface area contributed by atoms with E-state index < -0.39 is 0 Å². The molecule has 0 radical (unpaired) electrons. The smallest absolute Gasteiger partial charge is 0.337 e. The SMILES string of the molecule is CCCCc1[nH]c2ccccc2c1Cc1ccc(C(=O)OC)cc1. The molecule has 124 valence electrons. The third kappa shape index (κ3) is 3.35. The molecule has 24 heavy (non-hydrogen) atoms. The van der Waals surface area contributed by atoms with Gasteiger partial charge in [-0.15, -0.1) is 0 Å². The Balaban J connectivity index is 1.92. The van der Waals surface area contributed by atoms with Crippen molar-refractivity contribution < 1.29 is 9.53 Å². The molecular formula is C21H23NO2. The summed E-state index contributed by atoms with van der Waals surface area (Å²) >= 11 is 0. The number of aromatic nitrogens is 1. The third-order valence-electron chi connectivity index (χ3n) is 4.44. The van der Waals surface area contributed by atoms with E-state index in [1.165, 1.54) is 47.7 Å². The Bertz CT molecular complexity index is 831. The van der Waals surface area contributed by atoms with Gasteiger partial charge in [0, 0.05) is 16.6 Å². The molecule has 1 heterocycles. The number of aromatic amines is 1. The van der Waals surface area contributed by atoms with Gasteiger partial charge in [-0.2, -0.15) is 0 Å². The molecular weight excluding hydrogens is 298 g/mol. The van der Waals surface area contributed by atoms with E-state index in [0.717, 1.165) is 12.8 Å². The summed E-state index contributed by atoms with van der Waals surface area (Å²) in [6.07, 6.45) is 4.30. The number of hydrogen-bond acceptors (Lipinski definition) is 2. The van der Waals surface area contributed by atoms with Crippen LogP contribution in [-0.4, -0.2) is 18.1 Å². The van der Waals surface area contributed by atoms with E-state index in [9.17, 15) is 4.79 Å². The van der Waals surface area contributed by atoms with Crippen LogP contribution in [0.15, 0.2) is 48.5 Å². The Morgan fingerprint density at radius 1 is 1.08 bits per heavy atom. The molecule has 3 aromatic rings. The second-order valence-electron chi connectivity index (χ2n) is 6.10. The highest BCUT2D eigenvalue weighted by Crippen LogP contribution is 2.26. The van der Waals surface area contributed by atoms with Gasteiger partial charge >= 0.3 is 5.97 Å². The van der Waals surface area contributed by atoms with Gasteiger partial charge in [0.1, 0.15) is 0 Å². The maximum atomic E-state index is 11.6. The maximum Gasteiger partial charge on any atom is 0.337 e. The Morgan fingerprint density at radius 3 is 2.54 bits per heavy atom. The quantitative estimate of drug-likeness (QED) is 0.657.